The molecule has 2 nitrogen and oxygen atoms in total. The highest BCUT2D eigenvalue weighted by molar-refractivity contribution is 6.69. The lowest BCUT2D eigenvalue weighted by Crippen LogP contribution is -2.21. The van der Waals surface area contributed by atoms with E-state index in [0.29, 0.717) is 5.76 Å². The van der Waals surface area contributed by atoms with Gasteiger partial charge in [-0.1, -0.05) is 6.58 Å². The van der Waals surface area contributed by atoms with E-state index in [4.69, 9.17) is 9.16 Å². The molecule has 0 aliphatic carbocycles. The summed E-state index contributed by atoms with van der Waals surface area (Å²) in [6.45, 7) is 9.97. The second kappa shape index (κ2) is 4.23. The second-order valence-electron chi connectivity index (χ2n) is 3.20. The Morgan fingerprint density at radius 1 is 1.36 bits per heavy atom. The van der Waals surface area contributed by atoms with Crippen molar-refractivity contribution < 1.29 is 9.16 Å². The number of allylic oxidation sites excluding steroid dienone is 1. The minimum absolute atomic E-state index is 0.614. The zero-order valence-corrected chi connectivity index (χ0v) is 8.68. The van der Waals surface area contributed by atoms with Crippen LogP contribution in [0.2, 0.25) is 19.6 Å². The third kappa shape index (κ3) is 7.19. The van der Waals surface area contributed by atoms with Gasteiger partial charge in [-0.2, -0.15) is 0 Å². The van der Waals surface area contributed by atoms with Crippen LogP contribution in [0.25, 0.3) is 0 Å². The van der Waals surface area contributed by atoms with Crippen molar-refractivity contribution in [1.82, 2.24) is 0 Å². The van der Waals surface area contributed by atoms with Gasteiger partial charge in [0.2, 0.25) is 8.32 Å². The molecule has 0 atom stereocenters. The molecule has 64 valence electrons. The molecule has 0 fully saturated rings. The van der Waals surface area contributed by atoms with Crippen LogP contribution in [0.15, 0.2) is 24.7 Å². The first-order chi connectivity index (χ1) is 4.95. The van der Waals surface area contributed by atoms with E-state index in [1.54, 1.807) is 19.4 Å². The molecule has 0 rings (SSSR count). The summed E-state index contributed by atoms with van der Waals surface area (Å²) in [6.07, 6.45) is 3.37. The fourth-order valence-corrected chi connectivity index (χ4v) is 0.858. The van der Waals surface area contributed by atoms with E-state index in [1.165, 1.54) is 0 Å². The van der Waals surface area contributed by atoms with E-state index in [-0.39, 0.29) is 0 Å². The average molecular weight is 172 g/mol. The zero-order chi connectivity index (χ0) is 8.91. The molecule has 0 spiro atoms. The Labute approximate surface area is 69.6 Å². The van der Waals surface area contributed by atoms with Crippen molar-refractivity contribution in [3.05, 3.63) is 24.7 Å². The van der Waals surface area contributed by atoms with E-state index in [0.717, 1.165) is 0 Å². The van der Waals surface area contributed by atoms with Crippen LogP contribution in [-0.2, 0) is 9.16 Å². The summed E-state index contributed by atoms with van der Waals surface area (Å²) in [4.78, 5) is 0. The lowest BCUT2D eigenvalue weighted by atomic mass is 10.5. The van der Waals surface area contributed by atoms with E-state index in [2.05, 4.69) is 26.2 Å². The minimum Gasteiger partial charge on any atom is -0.550 e. The van der Waals surface area contributed by atoms with Gasteiger partial charge >= 0.3 is 0 Å². The molecule has 3 heteroatoms. The summed E-state index contributed by atoms with van der Waals surface area (Å²) in [5.41, 5.74) is 0. The van der Waals surface area contributed by atoms with Gasteiger partial charge in [0, 0.05) is 6.08 Å². The number of ether oxygens (including phenoxy) is 1. The first kappa shape index (κ1) is 10.3. The van der Waals surface area contributed by atoms with Gasteiger partial charge in [-0.05, 0) is 19.6 Å². The minimum atomic E-state index is -1.42. The highest BCUT2D eigenvalue weighted by Crippen LogP contribution is 2.03. The quantitative estimate of drug-likeness (QED) is 0.368. The van der Waals surface area contributed by atoms with Crippen LogP contribution in [0.4, 0.5) is 0 Å². The Balaban J connectivity index is 3.70. The van der Waals surface area contributed by atoms with Gasteiger partial charge in [0.05, 0.1) is 13.4 Å². The predicted octanol–water partition coefficient (Wildman–Crippen LogP) is 2.51. The Morgan fingerprint density at radius 2 is 1.91 bits per heavy atom. The molecule has 0 radical (unpaired) electrons. The summed E-state index contributed by atoms with van der Waals surface area (Å²) in [7, 11) is 0.164. The molecule has 0 bridgehead atoms. The van der Waals surface area contributed by atoms with E-state index < -0.39 is 8.32 Å². The Morgan fingerprint density at radius 3 is 2.27 bits per heavy atom. The Kier molecular flexibility index (Phi) is 3.96. The maximum atomic E-state index is 5.42. The van der Waals surface area contributed by atoms with Crippen LogP contribution in [0.5, 0.6) is 0 Å². The van der Waals surface area contributed by atoms with Crippen molar-refractivity contribution in [2.45, 2.75) is 19.6 Å². The molecule has 0 aliphatic heterocycles. The van der Waals surface area contributed by atoms with Crippen molar-refractivity contribution in [3.63, 3.8) is 0 Å². The normalized spacial score (nSPS) is 11.6. The van der Waals surface area contributed by atoms with Crippen molar-refractivity contribution >= 4 is 8.32 Å². The van der Waals surface area contributed by atoms with E-state index in [1.807, 2.05) is 0 Å². The molecule has 0 aromatic heterocycles. The van der Waals surface area contributed by atoms with Gasteiger partial charge in [0.25, 0.3) is 0 Å². The largest absolute Gasteiger partial charge is 0.550 e. The van der Waals surface area contributed by atoms with Crippen LogP contribution in [0.1, 0.15) is 0 Å². The first-order valence-electron chi connectivity index (χ1n) is 3.53. The fraction of sp³-hybridized carbons (Fsp3) is 0.500. The number of rotatable bonds is 4. The lowest BCUT2D eigenvalue weighted by molar-refractivity contribution is 0.306. The van der Waals surface area contributed by atoms with Gasteiger partial charge in [0.1, 0.15) is 5.76 Å². The SMILES string of the molecule is C=C(C=CO[Si](C)(C)C)OC. The second-order valence-corrected chi connectivity index (χ2v) is 7.66. The molecular weight excluding hydrogens is 156 g/mol. The summed E-state index contributed by atoms with van der Waals surface area (Å²) >= 11 is 0. The van der Waals surface area contributed by atoms with E-state index in [9.17, 15) is 0 Å². The number of hydrogen-bond acceptors (Lipinski definition) is 2. The van der Waals surface area contributed by atoms with Crippen LogP contribution >= 0.6 is 0 Å². The van der Waals surface area contributed by atoms with Gasteiger partial charge < -0.3 is 9.16 Å². The van der Waals surface area contributed by atoms with Crippen molar-refractivity contribution in [2.75, 3.05) is 7.11 Å². The third-order valence-corrected chi connectivity index (χ3v) is 1.78. The Hall–Kier alpha value is -0.703. The summed E-state index contributed by atoms with van der Waals surface area (Å²) in [5.74, 6) is 0.614. The summed E-state index contributed by atoms with van der Waals surface area (Å²) < 4.78 is 10.2. The molecular formula is C8H16O2Si. The van der Waals surface area contributed by atoms with Gasteiger partial charge in [-0.3, -0.25) is 0 Å². The molecule has 11 heavy (non-hydrogen) atoms. The third-order valence-electron chi connectivity index (χ3n) is 0.938. The van der Waals surface area contributed by atoms with Gasteiger partial charge in [0.15, 0.2) is 0 Å². The van der Waals surface area contributed by atoms with Crippen LogP contribution < -0.4 is 0 Å². The molecule has 0 heterocycles. The molecule has 0 aromatic carbocycles. The molecule has 0 saturated heterocycles. The maximum Gasteiger partial charge on any atom is 0.241 e. The van der Waals surface area contributed by atoms with Crippen LogP contribution in [-0.4, -0.2) is 15.4 Å². The van der Waals surface area contributed by atoms with Crippen LogP contribution in [0, 0.1) is 0 Å². The highest BCUT2D eigenvalue weighted by Gasteiger charge is 2.12. The monoisotopic (exact) mass is 172 g/mol. The lowest BCUT2D eigenvalue weighted by Gasteiger charge is -2.14. The number of methoxy groups -OCH3 is 1. The predicted molar refractivity (Wildman–Crippen MR) is 49.7 cm³/mol. The van der Waals surface area contributed by atoms with E-state index >= 15 is 0 Å². The standard InChI is InChI=1S/C8H16O2Si/c1-8(9-2)6-7-10-11(3,4)5/h6-7H,1H2,2-5H3. The molecule has 0 saturated carbocycles. The average Bonchev–Trinajstić information content (AvgIpc) is 1.85. The zero-order valence-electron chi connectivity index (χ0n) is 7.68. The summed E-state index contributed by atoms with van der Waals surface area (Å²) in [5, 5.41) is 0. The van der Waals surface area contributed by atoms with Crippen molar-refractivity contribution in [1.29, 1.82) is 0 Å². The first-order valence-corrected chi connectivity index (χ1v) is 6.94. The highest BCUT2D eigenvalue weighted by atomic mass is 28.4. The Bertz CT molecular complexity index is 156. The topological polar surface area (TPSA) is 18.5 Å². The molecule has 0 aromatic rings. The molecule has 0 N–H and O–H groups in total. The smallest absolute Gasteiger partial charge is 0.241 e. The molecule has 0 amide bonds. The fourth-order valence-electron chi connectivity index (χ4n) is 0.382. The van der Waals surface area contributed by atoms with Crippen LogP contribution in [0.3, 0.4) is 0 Å². The molecule has 0 aliphatic rings. The summed E-state index contributed by atoms with van der Waals surface area (Å²) in [6, 6.07) is 0. The maximum absolute atomic E-state index is 5.42. The molecule has 0 unspecified atom stereocenters. The van der Waals surface area contributed by atoms with Crippen molar-refractivity contribution in [3.8, 4) is 0 Å². The van der Waals surface area contributed by atoms with Crippen molar-refractivity contribution in [2.24, 2.45) is 0 Å². The number of hydrogen-bond donors (Lipinski definition) is 0. The van der Waals surface area contributed by atoms with Gasteiger partial charge in [-0.15, -0.1) is 0 Å². The van der Waals surface area contributed by atoms with Gasteiger partial charge in [-0.25, -0.2) is 0 Å².